The molecule has 8 heteroatoms. The second-order valence-electron chi connectivity index (χ2n) is 6.01. The van der Waals surface area contributed by atoms with Crippen molar-refractivity contribution in [3.05, 3.63) is 47.9 Å². The maximum Gasteiger partial charge on any atom is 0.321 e. The molecule has 0 saturated heterocycles. The minimum atomic E-state index is -0.961. The molecule has 3 amide bonds. The van der Waals surface area contributed by atoms with Gasteiger partial charge in [-0.1, -0.05) is 6.92 Å². The molecule has 138 valence electrons. The van der Waals surface area contributed by atoms with E-state index >= 15 is 0 Å². The Kier molecular flexibility index (Phi) is 6.00. The van der Waals surface area contributed by atoms with Gasteiger partial charge in [0, 0.05) is 25.0 Å². The van der Waals surface area contributed by atoms with Gasteiger partial charge < -0.3 is 25.1 Å². The van der Waals surface area contributed by atoms with E-state index in [1.807, 2.05) is 0 Å². The van der Waals surface area contributed by atoms with Gasteiger partial charge in [0.2, 0.25) is 0 Å². The fourth-order valence-corrected chi connectivity index (χ4v) is 2.26. The van der Waals surface area contributed by atoms with Crippen LogP contribution in [-0.2, 0) is 4.79 Å². The topological polar surface area (TPSA) is 112 Å². The third-order valence-electron chi connectivity index (χ3n) is 3.79. The molecule has 0 bridgehead atoms. The van der Waals surface area contributed by atoms with Crippen LogP contribution in [0.1, 0.15) is 23.0 Å². The summed E-state index contributed by atoms with van der Waals surface area (Å²) >= 11 is 0. The number of nitrogens with zero attached hydrogens (tertiary/aromatic N) is 1. The maximum atomic E-state index is 12.1. The van der Waals surface area contributed by atoms with Crippen molar-refractivity contribution in [2.24, 2.45) is 5.92 Å². The van der Waals surface area contributed by atoms with Gasteiger partial charge in [-0.3, -0.25) is 9.59 Å². The lowest BCUT2D eigenvalue weighted by Crippen LogP contribution is -2.36. The number of amides is 3. The van der Waals surface area contributed by atoms with Crippen molar-refractivity contribution >= 4 is 29.3 Å². The van der Waals surface area contributed by atoms with E-state index < -0.39 is 17.9 Å². The average molecular weight is 359 g/mol. The van der Waals surface area contributed by atoms with Crippen molar-refractivity contribution < 1.29 is 23.9 Å². The number of hydrogen-bond donors (Lipinski definition) is 3. The first-order valence-corrected chi connectivity index (χ1v) is 7.98. The molecule has 0 aliphatic heterocycles. The van der Waals surface area contributed by atoms with Crippen LogP contribution >= 0.6 is 0 Å². The summed E-state index contributed by atoms with van der Waals surface area (Å²) in [6.07, 6.45) is 1.42. The van der Waals surface area contributed by atoms with Crippen LogP contribution in [-0.4, -0.2) is 41.5 Å². The summed E-state index contributed by atoms with van der Waals surface area (Å²) in [5.74, 6) is -1.78. The number of carbonyl (C=O) groups excluding carboxylic acids is 2. The molecular weight excluding hydrogens is 338 g/mol. The molecule has 2 aromatic rings. The van der Waals surface area contributed by atoms with E-state index in [-0.39, 0.29) is 18.2 Å². The van der Waals surface area contributed by atoms with E-state index in [1.165, 1.54) is 25.1 Å². The van der Waals surface area contributed by atoms with Gasteiger partial charge in [-0.05, 0) is 42.8 Å². The zero-order valence-electron chi connectivity index (χ0n) is 14.8. The van der Waals surface area contributed by atoms with Crippen LogP contribution in [0.15, 0.2) is 41.0 Å². The molecule has 3 N–H and O–H groups in total. The molecule has 1 aromatic carbocycles. The van der Waals surface area contributed by atoms with Crippen LogP contribution in [0, 0.1) is 12.8 Å². The molecule has 8 nitrogen and oxygen atoms in total. The average Bonchev–Trinajstić information content (AvgIpc) is 3.11. The van der Waals surface area contributed by atoms with Gasteiger partial charge in [0.15, 0.2) is 5.76 Å². The maximum absolute atomic E-state index is 12.1. The number of carbonyl (C=O) groups is 3. The van der Waals surface area contributed by atoms with E-state index in [9.17, 15) is 14.4 Å². The molecule has 1 aromatic heterocycles. The molecule has 0 aliphatic carbocycles. The first-order chi connectivity index (χ1) is 12.3. The van der Waals surface area contributed by atoms with Gasteiger partial charge in [0.25, 0.3) is 5.91 Å². The fourth-order valence-electron chi connectivity index (χ4n) is 2.26. The minimum Gasteiger partial charge on any atom is -0.481 e. The number of anilines is 2. The minimum absolute atomic E-state index is 0.0947. The molecular formula is C18H21N3O5. The number of benzene rings is 1. The lowest BCUT2D eigenvalue weighted by Gasteiger charge is -2.20. The van der Waals surface area contributed by atoms with E-state index in [4.69, 9.17) is 9.52 Å². The summed E-state index contributed by atoms with van der Waals surface area (Å²) in [5.41, 5.74) is 1.89. The van der Waals surface area contributed by atoms with Crippen LogP contribution in [0.2, 0.25) is 0 Å². The molecule has 0 fully saturated rings. The molecule has 26 heavy (non-hydrogen) atoms. The Morgan fingerprint density at radius 2 is 1.96 bits per heavy atom. The van der Waals surface area contributed by atoms with Gasteiger partial charge in [0.05, 0.1) is 12.2 Å². The first-order valence-electron chi connectivity index (χ1n) is 7.98. The third-order valence-corrected chi connectivity index (χ3v) is 3.79. The van der Waals surface area contributed by atoms with Crippen molar-refractivity contribution in [1.82, 2.24) is 4.90 Å². The Balaban J connectivity index is 1.99. The van der Waals surface area contributed by atoms with Crippen molar-refractivity contribution in [1.29, 1.82) is 0 Å². The van der Waals surface area contributed by atoms with Crippen molar-refractivity contribution in [2.45, 2.75) is 13.8 Å². The molecule has 0 spiro atoms. The SMILES string of the molecule is Cc1cc(NC(=O)N(C)CC(C)C(=O)O)ccc1NC(=O)c1ccco1. The van der Waals surface area contributed by atoms with Crippen LogP contribution in [0.25, 0.3) is 0 Å². The zero-order chi connectivity index (χ0) is 19.3. The number of aryl methyl sites for hydroxylation is 1. The molecule has 1 heterocycles. The fraction of sp³-hybridized carbons (Fsp3) is 0.278. The van der Waals surface area contributed by atoms with Gasteiger partial charge in [0.1, 0.15) is 0 Å². The largest absolute Gasteiger partial charge is 0.481 e. The molecule has 0 saturated carbocycles. The predicted octanol–water partition coefficient (Wildman–Crippen LogP) is 3.02. The van der Waals surface area contributed by atoms with E-state index in [0.717, 1.165) is 5.56 Å². The molecule has 1 atom stereocenters. The number of nitrogens with one attached hydrogen (secondary N) is 2. The molecule has 0 radical (unpaired) electrons. The van der Waals surface area contributed by atoms with Gasteiger partial charge in [-0.15, -0.1) is 0 Å². The quantitative estimate of drug-likeness (QED) is 0.734. The number of carboxylic acid groups (broad SMARTS) is 1. The van der Waals surface area contributed by atoms with Crippen LogP contribution < -0.4 is 10.6 Å². The predicted molar refractivity (Wildman–Crippen MR) is 96.3 cm³/mol. The highest BCUT2D eigenvalue weighted by Gasteiger charge is 2.17. The number of carboxylic acids is 1. The second-order valence-corrected chi connectivity index (χ2v) is 6.01. The summed E-state index contributed by atoms with van der Waals surface area (Å²) < 4.78 is 5.04. The highest BCUT2D eigenvalue weighted by Crippen LogP contribution is 2.21. The number of aliphatic carboxylic acids is 1. The van der Waals surface area contributed by atoms with Crippen LogP contribution in [0.4, 0.5) is 16.2 Å². The molecule has 2 rings (SSSR count). The van der Waals surface area contributed by atoms with Crippen molar-refractivity contribution in [3.63, 3.8) is 0 Å². The molecule has 0 aliphatic rings. The lowest BCUT2D eigenvalue weighted by atomic mass is 10.1. The number of rotatable bonds is 6. The van der Waals surface area contributed by atoms with Gasteiger partial charge in [-0.25, -0.2) is 4.79 Å². The smallest absolute Gasteiger partial charge is 0.321 e. The Hall–Kier alpha value is -3.29. The summed E-state index contributed by atoms with van der Waals surface area (Å²) in [6.45, 7) is 3.42. The van der Waals surface area contributed by atoms with Gasteiger partial charge >= 0.3 is 12.0 Å². The van der Waals surface area contributed by atoms with E-state index in [1.54, 1.807) is 37.3 Å². The van der Waals surface area contributed by atoms with E-state index in [2.05, 4.69) is 10.6 Å². The second kappa shape index (κ2) is 8.19. The van der Waals surface area contributed by atoms with Crippen molar-refractivity contribution in [2.75, 3.05) is 24.2 Å². The molecule has 1 unspecified atom stereocenters. The number of hydrogen-bond acceptors (Lipinski definition) is 4. The van der Waals surface area contributed by atoms with E-state index in [0.29, 0.717) is 11.4 Å². The highest BCUT2D eigenvalue weighted by atomic mass is 16.4. The Bertz CT molecular complexity index is 801. The number of furan rings is 1. The highest BCUT2D eigenvalue weighted by molar-refractivity contribution is 6.02. The third kappa shape index (κ3) is 4.85. The zero-order valence-corrected chi connectivity index (χ0v) is 14.8. The van der Waals surface area contributed by atoms with Gasteiger partial charge in [-0.2, -0.15) is 0 Å². The summed E-state index contributed by atoms with van der Waals surface area (Å²) in [6, 6.07) is 7.81. The lowest BCUT2D eigenvalue weighted by molar-refractivity contribution is -0.141. The van der Waals surface area contributed by atoms with Crippen LogP contribution in [0.3, 0.4) is 0 Å². The summed E-state index contributed by atoms with van der Waals surface area (Å²) in [4.78, 5) is 36.3. The Labute approximate surface area is 150 Å². The summed E-state index contributed by atoms with van der Waals surface area (Å²) in [7, 11) is 1.53. The standard InChI is InChI=1S/C18H21N3O5/c1-11-9-13(19-18(25)21(3)10-12(2)17(23)24)6-7-14(11)20-16(22)15-5-4-8-26-15/h4-9,12H,10H2,1-3H3,(H,19,25)(H,20,22)(H,23,24). The first kappa shape index (κ1) is 19.0. The summed E-state index contributed by atoms with van der Waals surface area (Å²) in [5, 5.41) is 14.3. The Morgan fingerprint density at radius 1 is 1.23 bits per heavy atom. The van der Waals surface area contributed by atoms with Crippen LogP contribution in [0.5, 0.6) is 0 Å². The normalized spacial score (nSPS) is 11.5. The monoisotopic (exact) mass is 359 g/mol. The van der Waals surface area contributed by atoms with Crippen molar-refractivity contribution in [3.8, 4) is 0 Å². The Morgan fingerprint density at radius 3 is 2.54 bits per heavy atom. The number of urea groups is 1.